The second-order valence-electron chi connectivity index (χ2n) is 22.3. The van der Waals surface area contributed by atoms with E-state index in [1.807, 2.05) is 52.1 Å². The largest absolute Gasteiger partial charge is 0.480 e. The number of nitrogens with one attached hydrogen (secondary N) is 3. The van der Waals surface area contributed by atoms with Crippen molar-refractivity contribution in [3.05, 3.63) is 65.7 Å². The minimum Gasteiger partial charge on any atom is -0.480 e. The number of hydrogen-bond acceptors (Lipinski definition) is 14. The number of likely N-dealkylation sites (tertiary alicyclic amines) is 2. The number of anilines is 1. The third-order valence-electron chi connectivity index (χ3n) is 15.9. The van der Waals surface area contributed by atoms with Gasteiger partial charge in [-0.05, 0) is 73.0 Å². The van der Waals surface area contributed by atoms with Crippen LogP contribution in [0.4, 0.5) is 10.5 Å². The fourth-order valence-electron chi connectivity index (χ4n) is 10.9. The lowest BCUT2D eigenvalue weighted by molar-refractivity contribution is -0.148. The second-order valence-corrected chi connectivity index (χ2v) is 23.3. The Hall–Kier alpha value is -6.06. The zero-order valence-corrected chi connectivity index (χ0v) is 50.6. The molecular formula is C60H91N7O13S. The molecule has 0 saturated carbocycles. The van der Waals surface area contributed by atoms with Crippen molar-refractivity contribution in [1.29, 1.82) is 0 Å². The number of ether oxygens (including phenoxy) is 3. The topological polar surface area (TPSA) is 251 Å². The number of imide groups is 1. The van der Waals surface area contributed by atoms with Gasteiger partial charge in [0, 0.05) is 79.3 Å². The van der Waals surface area contributed by atoms with E-state index in [0.29, 0.717) is 70.1 Å². The summed E-state index contributed by atoms with van der Waals surface area (Å²) in [5.74, 6) is -4.73. The molecule has 2 aliphatic heterocycles. The van der Waals surface area contributed by atoms with E-state index >= 15 is 0 Å². The first-order valence-electron chi connectivity index (χ1n) is 28.6. The van der Waals surface area contributed by atoms with E-state index in [-0.39, 0.29) is 72.4 Å². The molecule has 0 aliphatic carbocycles. The van der Waals surface area contributed by atoms with Crippen molar-refractivity contribution in [1.82, 2.24) is 30.2 Å². The highest BCUT2D eigenvalue weighted by atomic mass is 32.2. The highest BCUT2D eigenvalue weighted by Gasteiger charge is 2.44. The summed E-state index contributed by atoms with van der Waals surface area (Å²) in [6, 6.07) is 12.0. The number of hydrogen-bond donors (Lipinski definition) is 4. The fraction of sp³-hybridized carbons (Fsp3) is 0.650. The zero-order chi connectivity index (χ0) is 60.1. The van der Waals surface area contributed by atoms with Crippen LogP contribution in [0, 0.1) is 23.7 Å². The number of carboxylic acids is 1. The van der Waals surface area contributed by atoms with Crippen LogP contribution in [-0.2, 0) is 65.6 Å². The maximum Gasteiger partial charge on any atom is 0.410 e. The van der Waals surface area contributed by atoms with Crippen molar-refractivity contribution in [3.8, 4) is 0 Å². The summed E-state index contributed by atoms with van der Waals surface area (Å²) >= 11 is 1.40. The van der Waals surface area contributed by atoms with E-state index in [1.165, 1.54) is 42.8 Å². The molecule has 7 amide bonds. The molecule has 2 aliphatic rings. The van der Waals surface area contributed by atoms with Crippen LogP contribution in [-0.4, -0.2) is 180 Å². The van der Waals surface area contributed by atoms with E-state index in [0.717, 1.165) is 17.7 Å². The minimum absolute atomic E-state index is 0.0725. The molecule has 2 heterocycles. The smallest absolute Gasteiger partial charge is 0.410 e. The molecule has 4 N–H and O–H groups in total. The van der Waals surface area contributed by atoms with Gasteiger partial charge in [-0.2, -0.15) is 11.8 Å². The third kappa shape index (κ3) is 19.3. The van der Waals surface area contributed by atoms with Gasteiger partial charge in [0.2, 0.25) is 35.4 Å². The number of thioether (sulfide) groups is 1. The van der Waals surface area contributed by atoms with Crippen LogP contribution in [0.3, 0.4) is 0 Å². The van der Waals surface area contributed by atoms with Gasteiger partial charge in [-0.25, -0.2) is 9.59 Å². The van der Waals surface area contributed by atoms with E-state index in [9.17, 15) is 48.3 Å². The van der Waals surface area contributed by atoms with Gasteiger partial charge in [-0.3, -0.25) is 43.4 Å². The predicted molar refractivity (Wildman–Crippen MR) is 311 cm³/mol. The number of benzene rings is 2. The molecule has 0 bridgehead atoms. The van der Waals surface area contributed by atoms with Crippen molar-refractivity contribution in [2.45, 2.75) is 173 Å². The molecule has 0 aromatic heterocycles. The molecule has 20 nitrogen and oxygen atoms in total. The summed E-state index contributed by atoms with van der Waals surface area (Å²) < 4.78 is 17.6. The Kier molecular flexibility index (Phi) is 27.6. The number of likely N-dealkylation sites (N-methyl/N-ethyl adjacent to an activating group) is 2. The van der Waals surface area contributed by atoms with E-state index in [1.54, 1.807) is 74.0 Å². The van der Waals surface area contributed by atoms with Crippen molar-refractivity contribution in [3.63, 3.8) is 0 Å². The number of Topliss-reactive ketones (excluding diaryl/α,β-unsaturated/α-hetero) is 1. The molecule has 0 spiro atoms. The number of carboxylic acid groups (broad SMARTS) is 1. The average molecular weight is 1150 g/mol. The molecule has 2 saturated heterocycles. The lowest BCUT2D eigenvalue weighted by Gasteiger charge is -2.41. The van der Waals surface area contributed by atoms with Gasteiger partial charge >= 0.3 is 12.1 Å². The zero-order valence-electron chi connectivity index (χ0n) is 49.8. The van der Waals surface area contributed by atoms with Crippen LogP contribution in [0.1, 0.15) is 124 Å². The number of nitrogens with zero attached hydrogens (tertiary/aromatic N) is 4. The Balaban J connectivity index is 1.31. The van der Waals surface area contributed by atoms with Gasteiger partial charge < -0.3 is 45.1 Å². The minimum atomic E-state index is -1.17. The molecular weight excluding hydrogens is 1060 g/mol. The number of ketones is 1. The summed E-state index contributed by atoms with van der Waals surface area (Å²) in [5.41, 5.74) is 2.24. The van der Waals surface area contributed by atoms with Crippen LogP contribution < -0.4 is 16.0 Å². The van der Waals surface area contributed by atoms with Gasteiger partial charge in [0.25, 0.3) is 0 Å². The fourth-order valence-corrected chi connectivity index (χ4v) is 11.6. The highest BCUT2D eigenvalue weighted by Crippen LogP contribution is 2.30. The number of unbranched alkanes of at least 4 members (excludes halogenated alkanes) is 2. The quantitative estimate of drug-likeness (QED) is 0.0427. The summed E-state index contributed by atoms with van der Waals surface area (Å²) in [7, 11) is 6.09. The first-order valence-corrected chi connectivity index (χ1v) is 29.9. The van der Waals surface area contributed by atoms with Crippen LogP contribution >= 0.6 is 11.8 Å². The predicted octanol–water partition coefficient (Wildman–Crippen LogP) is 6.57. The molecule has 2 aromatic rings. The Morgan fingerprint density at radius 3 is 2.07 bits per heavy atom. The number of carbonyl (C=O) groups excluding carboxylic acids is 8. The van der Waals surface area contributed by atoms with Crippen LogP contribution in [0.25, 0.3) is 0 Å². The van der Waals surface area contributed by atoms with Crippen molar-refractivity contribution < 1.29 is 62.5 Å². The maximum atomic E-state index is 14.7. The molecule has 0 radical (unpaired) electrons. The molecule has 2 aromatic carbocycles. The molecule has 10 atom stereocenters. The SMILES string of the molecule is CC[C@H](C)[C@@H]([C@@H](CC(=O)N1CCC[C@H]1[C@H](OC)[C@@H](C)C(=O)N[C@@H](Cc1ccccc1)C(=O)O)OC)N(C)C(=O)[C@@H](NC(=O)[C@H](C(C)C)N(C)C(=O)OCc1ccc(NCCC(=O)CCCCCN2C(=O)CC(SC)C2=O)cc1)C(C)C. The van der Waals surface area contributed by atoms with E-state index in [2.05, 4.69) is 16.0 Å². The van der Waals surface area contributed by atoms with Gasteiger partial charge in [-0.15, -0.1) is 0 Å². The lowest BCUT2D eigenvalue weighted by Crippen LogP contribution is -2.60. The van der Waals surface area contributed by atoms with Crippen molar-refractivity contribution >= 4 is 70.7 Å². The Labute approximate surface area is 483 Å². The molecule has 1 unspecified atom stereocenters. The summed E-state index contributed by atoms with van der Waals surface area (Å²) in [4.78, 5) is 126. The number of rotatable bonds is 34. The first kappa shape index (κ1) is 67.4. The van der Waals surface area contributed by atoms with Gasteiger partial charge in [0.15, 0.2) is 0 Å². The third-order valence-corrected chi connectivity index (χ3v) is 16.8. The van der Waals surface area contributed by atoms with Gasteiger partial charge in [0.05, 0.1) is 41.9 Å². The Bertz CT molecular complexity index is 2410. The van der Waals surface area contributed by atoms with Crippen molar-refractivity contribution in [2.24, 2.45) is 23.7 Å². The van der Waals surface area contributed by atoms with E-state index in [4.69, 9.17) is 14.2 Å². The average Bonchev–Trinajstić information content (AvgIpc) is 4.06. The monoisotopic (exact) mass is 1150 g/mol. The standard InChI is InChI=1S/C60H91N7O13S/c1-13-39(6)53(47(78-10)34-49(69)66-32-20-24-46(66)54(79-11)40(7)55(71)62-45(59(75)76)33-41-21-16-14-17-22-41)64(8)58(74)51(37(2)3)63-56(72)52(38(4)5)65(9)60(77)80-36-42-25-27-43(28-26-42)61-30-29-44(68)23-18-15-19-31-67-50(70)35-48(81-12)57(67)73/h14,16-17,21-22,25-28,37-40,45-48,51-54,61H,13,15,18-20,23-24,29-36H2,1-12H3,(H,62,71)(H,63,72)(H,75,76)/t39-,40+,45-,46-,47+,48?,51-,52-,53-,54+/m0/s1. The van der Waals surface area contributed by atoms with Crippen LogP contribution in [0.15, 0.2) is 54.6 Å². The first-order chi connectivity index (χ1) is 38.5. The number of carbonyl (C=O) groups is 9. The lowest BCUT2D eigenvalue weighted by atomic mass is 9.89. The number of aliphatic carboxylic acids is 1. The molecule has 21 heteroatoms. The molecule has 4 rings (SSSR count). The Morgan fingerprint density at radius 1 is 0.815 bits per heavy atom. The summed E-state index contributed by atoms with van der Waals surface area (Å²) in [5, 5.41) is 18.6. The normalized spacial score (nSPS) is 18.3. The van der Waals surface area contributed by atoms with Crippen molar-refractivity contribution in [2.75, 3.05) is 59.5 Å². The van der Waals surface area contributed by atoms with Crippen LogP contribution in [0.5, 0.6) is 0 Å². The van der Waals surface area contributed by atoms with Crippen LogP contribution in [0.2, 0.25) is 0 Å². The second kappa shape index (κ2) is 33.1. The van der Waals surface area contributed by atoms with Gasteiger partial charge in [-0.1, -0.05) is 104 Å². The highest BCUT2D eigenvalue weighted by molar-refractivity contribution is 8.00. The summed E-state index contributed by atoms with van der Waals surface area (Å²) in [6.45, 7) is 14.0. The molecule has 450 valence electrons. The number of amides is 7. The molecule has 81 heavy (non-hydrogen) atoms. The van der Waals surface area contributed by atoms with Gasteiger partial charge in [0.1, 0.15) is 30.5 Å². The maximum absolute atomic E-state index is 14.7. The summed E-state index contributed by atoms with van der Waals surface area (Å²) in [6.07, 6.45) is 4.53. The molecule has 2 fully saturated rings. The Morgan fingerprint density at radius 2 is 1.49 bits per heavy atom. The number of methoxy groups -OCH3 is 2. The van der Waals surface area contributed by atoms with E-state index < -0.39 is 78.1 Å².